The topological polar surface area (TPSA) is 64.3 Å². The van der Waals surface area contributed by atoms with Crippen LogP contribution in [0.4, 0.5) is 0 Å². The molecule has 1 amide bonds. The Morgan fingerprint density at radius 1 is 1.27 bits per heavy atom. The minimum absolute atomic E-state index is 0.138. The molecular formula is C18H28N2O2. The lowest BCUT2D eigenvalue weighted by atomic mass is 9.84. The van der Waals surface area contributed by atoms with Crippen LogP contribution in [-0.2, 0) is 11.2 Å². The van der Waals surface area contributed by atoms with Gasteiger partial charge in [0.25, 0.3) is 0 Å². The molecule has 22 heavy (non-hydrogen) atoms. The summed E-state index contributed by atoms with van der Waals surface area (Å²) in [4.78, 5) is 12.1. The van der Waals surface area contributed by atoms with Gasteiger partial charge in [0, 0.05) is 12.5 Å². The van der Waals surface area contributed by atoms with E-state index in [-0.39, 0.29) is 11.9 Å². The summed E-state index contributed by atoms with van der Waals surface area (Å²) in [5.74, 6) is 1.46. The van der Waals surface area contributed by atoms with E-state index in [0.717, 1.165) is 30.6 Å². The summed E-state index contributed by atoms with van der Waals surface area (Å²) in [6, 6.07) is 8.25. The Balaban J connectivity index is 1.77. The lowest BCUT2D eigenvalue weighted by Crippen LogP contribution is -2.44. The molecule has 4 nitrogen and oxygen atoms in total. The van der Waals surface area contributed by atoms with E-state index in [0.29, 0.717) is 25.5 Å². The van der Waals surface area contributed by atoms with Crippen molar-refractivity contribution < 1.29 is 9.53 Å². The van der Waals surface area contributed by atoms with Crippen LogP contribution in [0.25, 0.3) is 0 Å². The molecule has 0 aliphatic heterocycles. The number of rotatable bonds is 7. The highest BCUT2D eigenvalue weighted by Gasteiger charge is 2.24. The Morgan fingerprint density at radius 2 is 2.00 bits per heavy atom. The van der Waals surface area contributed by atoms with Crippen LogP contribution in [0.15, 0.2) is 24.3 Å². The van der Waals surface area contributed by atoms with Crippen molar-refractivity contribution in [3.63, 3.8) is 0 Å². The molecule has 2 rings (SSSR count). The van der Waals surface area contributed by atoms with Gasteiger partial charge in [0.1, 0.15) is 5.75 Å². The summed E-state index contributed by atoms with van der Waals surface area (Å²) in [5, 5.41) is 3.18. The van der Waals surface area contributed by atoms with Gasteiger partial charge in [-0.05, 0) is 56.3 Å². The van der Waals surface area contributed by atoms with Crippen LogP contribution in [0.1, 0.15) is 44.6 Å². The monoisotopic (exact) mass is 304 g/mol. The molecule has 3 N–H and O–H groups in total. The number of carbonyl (C=O) groups is 1. The van der Waals surface area contributed by atoms with Crippen LogP contribution in [0.5, 0.6) is 5.75 Å². The third kappa shape index (κ3) is 5.02. The second-order valence-corrected chi connectivity index (χ2v) is 6.03. The molecule has 2 unspecified atom stereocenters. The van der Waals surface area contributed by atoms with Crippen LogP contribution in [0, 0.1) is 5.92 Å². The summed E-state index contributed by atoms with van der Waals surface area (Å²) in [6.45, 7) is 3.31. The van der Waals surface area contributed by atoms with Gasteiger partial charge in [-0.1, -0.05) is 25.0 Å². The maximum absolute atomic E-state index is 12.1. The smallest absolute Gasteiger partial charge is 0.220 e. The second-order valence-electron chi connectivity index (χ2n) is 6.03. The van der Waals surface area contributed by atoms with Crippen molar-refractivity contribution in [2.75, 3.05) is 13.2 Å². The van der Waals surface area contributed by atoms with Crippen molar-refractivity contribution >= 4 is 5.91 Å². The van der Waals surface area contributed by atoms with Gasteiger partial charge >= 0.3 is 0 Å². The molecule has 1 aliphatic rings. The zero-order valence-corrected chi connectivity index (χ0v) is 13.5. The Kier molecular flexibility index (Phi) is 6.72. The van der Waals surface area contributed by atoms with E-state index in [9.17, 15) is 4.79 Å². The lowest BCUT2D eigenvalue weighted by Gasteiger charge is -2.31. The zero-order chi connectivity index (χ0) is 15.8. The highest BCUT2D eigenvalue weighted by molar-refractivity contribution is 5.76. The molecule has 0 saturated heterocycles. The molecular weight excluding hydrogens is 276 g/mol. The number of benzene rings is 1. The van der Waals surface area contributed by atoms with Crippen molar-refractivity contribution in [3.8, 4) is 5.75 Å². The highest BCUT2D eigenvalue weighted by atomic mass is 16.5. The first-order valence-corrected chi connectivity index (χ1v) is 8.44. The molecule has 0 spiro atoms. The van der Waals surface area contributed by atoms with Gasteiger partial charge in [0.05, 0.1) is 6.61 Å². The number of aryl methyl sites for hydroxylation is 1. The summed E-state index contributed by atoms with van der Waals surface area (Å²) in [5.41, 5.74) is 6.97. The lowest BCUT2D eigenvalue weighted by molar-refractivity contribution is -0.122. The molecule has 1 aromatic rings. The Hall–Kier alpha value is -1.55. The van der Waals surface area contributed by atoms with E-state index in [1.165, 1.54) is 12.8 Å². The van der Waals surface area contributed by atoms with Gasteiger partial charge in [-0.15, -0.1) is 0 Å². The summed E-state index contributed by atoms with van der Waals surface area (Å²) in [7, 11) is 0. The second kappa shape index (κ2) is 8.79. The average molecular weight is 304 g/mol. The highest BCUT2D eigenvalue weighted by Crippen LogP contribution is 2.23. The Bertz CT molecular complexity index is 459. The minimum atomic E-state index is 0.138. The molecule has 0 heterocycles. The number of ether oxygens (including phenoxy) is 1. The van der Waals surface area contributed by atoms with E-state index < -0.39 is 0 Å². The van der Waals surface area contributed by atoms with Crippen LogP contribution in [0.2, 0.25) is 0 Å². The zero-order valence-electron chi connectivity index (χ0n) is 13.5. The number of carbonyl (C=O) groups excluding carboxylic acids is 1. The van der Waals surface area contributed by atoms with E-state index in [1.54, 1.807) is 0 Å². The first-order valence-electron chi connectivity index (χ1n) is 8.44. The van der Waals surface area contributed by atoms with Gasteiger partial charge in [-0.25, -0.2) is 0 Å². The molecule has 1 saturated carbocycles. The third-order valence-corrected chi connectivity index (χ3v) is 4.43. The fourth-order valence-corrected chi connectivity index (χ4v) is 3.14. The molecule has 1 fully saturated rings. The molecule has 1 aliphatic carbocycles. The number of hydrogen-bond donors (Lipinski definition) is 2. The standard InChI is InChI=1S/C18H28N2O2/c1-2-22-16-10-7-14(8-11-16)9-12-18(21)20-17-6-4-3-5-15(17)13-19/h7-8,10-11,15,17H,2-6,9,12-13,19H2,1H3,(H,20,21). The summed E-state index contributed by atoms with van der Waals surface area (Å²) < 4.78 is 5.42. The first-order chi connectivity index (χ1) is 10.7. The van der Waals surface area contributed by atoms with Crippen molar-refractivity contribution in [1.29, 1.82) is 0 Å². The molecule has 0 bridgehead atoms. The molecule has 1 aromatic carbocycles. The maximum atomic E-state index is 12.1. The van der Waals surface area contributed by atoms with E-state index in [2.05, 4.69) is 5.32 Å². The van der Waals surface area contributed by atoms with Crippen molar-refractivity contribution in [3.05, 3.63) is 29.8 Å². The SMILES string of the molecule is CCOc1ccc(CCC(=O)NC2CCCCC2CN)cc1. The maximum Gasteiger partial charge on any atom is 0.220 e. The van der Waals surface area contributed by atoms with Gasteiger partial charge in [0.15, 0.2) is 0 Å². The molecule has 122 valence electrons. The number of amides is 1. The summed E-state index contributed by atoms with van der Waals surface area (Å²) in [6.07, 6.45) is 5.93. The van der Waals surface area contributed by atoms with E-state index in [4.69, 9.17) is 10.5 Å². The van der Waals surface area contributed by atoms with Crippen LogP contribution < -0.4 is 15.8 Å². The number of nitrogens with one attached hydrogen (secondary N) is 1. The van der Waals surface area contributed by atoms with Crippen molar-refractivity contribution in [2.45, 2.75) is 51.5 Å². The normalized spacial score (nSPS) is 21.4. The third-order valence-electron chi connectivity index (χ3n) is 4.43. The molecule has 4 heteroatoms. The first kappa shape index (κ1) is 16.8. The Morgan fingerprint density at radius 3 is 2.68 bits per heavy atom. The van der Waals surface area contributed by atoms with Gasteiger partial charge < -0.3 is 15.8 Å². The molecule has 0 aromatic heterocycles. The number of nitrogens with two attached hydrogens (primary N) is 1. The van der Waals surface area contributed by atoms with Gasteiger partial charge in [-0.2, -0.15) is 0 Å². The fraction of sp³-hybridized carbons (Fsp3) is 0.611. The predicted octanol–water partition coefficient (Wildman–Crippen LogP) is 2.65. The fourth-order valence-electron chi connectivity index (χ4n) is 3.14. The quantitative estimate of drug-likeness (QED) is 0.814. The van der Waals surface area contributed by atoms with Crippen LogP contribution in [-0.4, -0.2) is 25.1 Å². The predicted molar refractivity (Wildman–Crippen MR) is 88.9 cm³/mol. The largest absolute Gasteiger partial charge is 0.494 e. The van der Waals surface area contributed by atoms with Gasteiger partial charge in [-0.3, -0.25) is 4.79 Å². The summed E-state index contributed by atoms with van der Waals surface area (Å²) >= 11 is 0. The van der Waals surface area contributed by atoms with Crippen LogP contribution >= 0.6 is 0 Å². The van der Waals surface area contributed by atoms with E-state index >= 15 is 0 Å². The van der Waals surface area contributed by atoms with Gasteiger partial charge in [0.2, 0.25) is 5.91 Å². The van der Waals surface area contributed by atoms with Crippen LogP contribution in [0.3, 0.4) is 0 Å². The molecule has 0 radical (unpaired) electrons. The average Bonchev–Trinajstić information content (AvgIpc) is 2.55. The minimum Gasteiger partial charge on any atom is -0.494 e. The molecule has 2 atom stereocenters. The van der Waals surface area contributed by atoms with Crippen molar-refractivity contribution in [1.82, 2.24) is 5.32 Å². The van der Waals surface area contributed by atoms with E-state index in [1.807, 2.05) is 31.2 Å². The Labute approximate surface area is 133 Å². The number of hydrogen-bond acceptors (Lipinski definition) is 3. The van der Waals surface area contributed by atoms with Crippen molar-refractivity contribution in [2.24, 2.45) is 11.7 Å².